The highest BCUT2D eigenvalue weighted by atomic mass is 31.0. The van der Waals surface area contributed by atoms with E-state index < -0.39 is 0 Å². The van der Waals surface area contributed by atoms with Crippen LogP contribution in [0.4, 0.5) is 0 Å². The molecule has 0 saturated carbocycles. The molecular formula is C8H12NP. The third-order valence-corrected chi connectivity index (χ3v) is 1.60. The van der Waals surface area contributed by atoms with Gasteiger partial charge in [-0.25, -0.2) is 0 Å². The maximum atomic E-state index is 3.23. The zero-order valence-corrected chi connectivity index (χ0v) is 7.03. The SMILES string of the molecule is PCNCc1ccccc1. The van der Waals surface area contributed by atoms with Crippen LogP contribution in [0, 0.1) is 0 Å². The quantitative estimate of drug-likeness (QED) is 0.650. The molecule has 54 valence electrons. The molecule has 1 atom stereocenters. The van der Waals surface area contributed by atoms with Gasteiger partial charge < -0.3 is 5.32 Å². The molecule has 1 nitrogen and oxygen atoms in total. The molecular weight excluding hydrogens is 141 g/mol. The average Bonchev–Trinajstić information content (AvgIpc) is 2.03. The molecule has 0 radical (unpaired) electrons. The van der Waals surface area contributed by atoms with Crippen LogP contribution in [-0.2, 0) is 6.54 Å². The number of rotatable bonds is 3. The van der Waals surface area contributed by atoms with E-state index in [9.17, 15) is 0 Å². The lowest BCUT2D eigenvalue weighted by Crippen LogP contribution is -2.09. The highest BCUT2D eigenvalue weighted by Gasteiger charge is 1.85. The zero-order chi connectivity index (χ0) is 7.23. The van der Waals surface area contributed by atoms with E-state index in [0.29, 0.717) is 0 Å². The molecule has 0 aliphatic heterocycles. The van der Waals surface area contributed by atoms with Crippen molar-refractivity contribution < 1.29 is 0 Å². The van der Waals surface area contributed by atoms with Gasteiger partial charge in [0.05, 0.1) is 0 Å². The van der Waals surface area contributed by atoms with Crippen molar-refractivity contribution in [2.75, 3.05) is 6.29 Å². The number of nitrogens with one attached hydrogen (secondary N) is 1. The Morgan fingerprint density at radius 3 is 2.50 bits per heavy atom. The van der Waals surface area contributed by atoms with Crippen molar-refractivity contribution >= 4 is 9.24 Å². The Morgan fingerprint density at radius 1 is 1.20 bits per heavy atom. The molecule has 1 N–H and O–H groups in total. The second-order valence-corrected chi connectivity index (χ2v) is 2.52. The fraction of sp³-hybridized carbons (Fsp3) is 0.250. The Bertz CT molecular complexity index is 174. The standard InChI is InChI=1S/C8H12NP/c10-7-9-6-8-4-2-1-3-5-8/h1-5,9H,6-7,10H2. The molecule has 0 saturated heterocycles. The van der Waals surface area contributed by atoms with E-state index in [-0.39, 0.29) is 0 Å². The second-order valence-electron chi connectivity index (χ2n) is 2.12. The second kappa shape index (κ2) is 4.43. The molecule has 1 aromatic carbocycles. The zero-order valence-electron chi connectivity index (χ0n) is 5.88. The van der Waals surface area contributed by atoms with Crippen LogP contribution < -0.4 is 5.32 Å². The van der Waals surface area contributed by atoms with E-state index in [0.717, 1.165) is 12.8 Å². The van der Waals surface area contributed by atoms with E-state index in [1.165, 1.54) is 5.56 Å². The largest absolute Gasteiger partial charge is 0.309 e. The maximum absolute atomic E-state index is 3.23. The molecule has 0 heterocycles. The summed E-state index contributed by atoms with van der Waals surface area (Å²) in [6.07, 6.45) is 0.953. The molecule has 1 rings (SSSR count). The smallest absolute Gasteiger partial charge is 0.0208 e. The lowest BCUT2D eigenvalue weighted by molar-refractivity contribution is 0.796. The van der Waals surface area contributed by atoms with Crippen molar-refractivity contribution in [2.45, 2.75) is 6.54 Å². The molecule has 0 spiro atoms. The summed E-state index contributed by atoms with van der Waals surface area (Å²) in [7, 11) is 2.64. The van der Waals surface area contributed by atoms with Crippen LogP contribution >= 0.6 is 9.24 Å². The summed E-state index contributed by atoms with van der Waals surface area (Å²) in [5.74, 6) is 0. The van der Waals surface area contributed by atoms with Crippen LogP contribution in [0.15, 0.2) is 30.3 Å². The fourth-order valence-electron chi connectivity index (χ4n) is 0.812. The van der Waals surface area contributed by atoms with Gasteiger partial charge in [0.25, 0.3) is 0 Å². The average molecular weight is 153 g/mol. The van der Waals surface area contributed by atoms with Crippen molar-refractivity contribution in [1.82, 2.24) is 5.32 Å². The maximum Gasteiger partial charge on any atom is 0.0208 e. The molecule has 0 amide bonds. The van der Waals surface area contributed by atoms with E-state index in [2.05, 4.69) is 38.8 Å². The Morgan fingerprint density at radius 2 is 1.90 bits per heavy atom. The van der Waals surface area contributed by atoms with Gasteiger partial charge in [-0.3, -0.25) is 0 Å². The summed E-state index contributed by atoms with van der Waals surface area (Å²) in [6, 6.07) is 10.4. The summed E-state index contributed by atoms with van der Waals surface area (Å²) in [5.41, 5.74) is 1.34. The first kappa shape index (κ1) is 7.71. The molecule has 2 heteroatoms. The molecule has 0 bridgehead atoms. The van der Waals surface area contributed by atoms with E-state index in [1.54, 1.807) is 0 Å². The van der Waals surface area contributed by atoms with E-state index in [1.807, 2.05) is 6.07 Å². The highest BCUT2D eigenvalue weighted by molar-refractivity contribution is 7.16. The van der Waals surface area contributed by atoms with Crippen LogP contribution in [-0.4, -0.2) is 6.29 Å². The first-order valence-corrected chi connectivity index (χ1v) is 4.20. The minimum absolute atomic E-state index is 0.953. The summed E-state index contributed by atoms with van der Waals surface area (Å²) in [6.45, 7) is 0.963. The van der Waals surface area contributed by atoms with Crippen molar-refractivity contribution in [3.05, 3.63) is 35.9 Å². The molecule has 0 fully saturated rings. The third-order valence-electron chi connectivity index (χ3n) is 1.32. The van der Waals surface area contributed by atoms with Crippen LogP contribution in [0.25, 0.3) is 0 Å². The first-order chi connectivity index (χ1) is 4.93. The van der Waals surface area contributed by atoms with Gasteiger partial charge in [0.1, 0.15) is 0 Å². The van der Waals surface area contributed by atoms with Crippen LogP contribution in [0.3, 0.4) is 0 Å². The van der Waals surface area contributed by atoms with Gasteiger partial charge in [-0.1, -0.05) is 30.3 Å². The Hall–Kier alpha value is -0.390. The Balaban J connectivity index is 2.43. The van der Waals surface area contributed by atoms with Gasteiger partial charge >= 0.3 is 0 Å². The Labute approximate surface area is 64.0 Å². The summed E-state index contributed by atoms with van der Waals surface area (Å²) < 4.78 is 0. The first-order valence-electron chi connectivity index (χ1n) is 3.38. The molecule has 0 aromatic heterocycles. The third kappa shape index (κ3) is 2.47. The molecule has 1 aromatic rings. The topological polar surface area (TPSA) is 12.0 Å². The highest BCUT2D eigenvalue weighted by Crippen LogP contribution is 1.96. The van der Waals surface area contributed by atoms with Crippen molar-refractivity contribution in [3.8, 4) is 0 Å². The monoisotopic (exact) mass is 153 g/mol. The van der Waals surface area contributed by atoms with Crippen LogP contribution in [0.1, 0.15) is 5.56 Å². The van der Waals surface area contributed by atoms with Gasteiger partial charge in [-0.2, -0.15) is 0 Å². The van der Waals surface area contributed by atoms with Gasteiger partial charge in [-0.05, 0) is 5.56 Å². The summed E-state index contributed by atoms with van der Waals surface area (Å²) >= 11 is 0. The summed E-state index contributed by atoms with van der Waals surface area (Å²) in [4.78, 5) is 0. The summed E-state index contributed by atoms with van der Waals surface area (Å²) in [5, 5.41) is 3.23. The number of hydrogen-bond donors (Lipinski definition) is 1. The van der Waals surface area contributed by atoms with E-state index in [4.69, 9.17) is 0 Å². The van der Waals surface area contributed by atoms with Gasteiger partial charge in [0, 0.05) is 12.8 Å². The van der Waals surface area contributed by atoms with Crippen molar-refractivity contribution in [1.29, 1.82) is 0 Å². The minimum atomic E-state index is 0.953. The number of hydrogen-bond acceptors (Lipinski definition) is 1. The predicted molar refractivity (Wildman–Crippen MR) is 47.9 cm³/mol. The van der Waals surface area contributed by atoms with Gasteiger partial charge in [0.15, 0.2) is 0 Å². The normalized spacial score (nSPS) is 9.70. The minimum Gasteiger partial charge on any atom is -0.309 e. The van der Waals surface area contributed by atoms with Crippen molar-refractivity contribution in [3.63, 3.8) is 0 Å². The predicted octanol–water partition coefficient (Wildman–Crippen LogP) is 1.61. The lowest BCUT2D eigenvalue weighted by atomic mass is 10.2. The van der Waals surface area contributed by atoms with Gasteiger partial charge in [-0.15, -0.1) is 9.24 Å². The van der Waals surface area contributed by atoms with Crippen molar-refractivity contribution in [2.24, 2.45) is 0 Å². The molecule has 10 heavy (non-hydrogen) atoms. The molecule has 1 unspecified atom stereocenters. The molecule has 0 aliphatic carbocycles. The van der Waals surface area contributed by atoms with Crippen LogP contribution in [0.5, 0.6) is 0 Å². The lowest BCUT2D eigenvalue weighted by Gasteiger charge is -1.99. The van der Waals surface area contributed by atoms with Gasteiger partial charge in [0.2, 0.25) is 0 Å². The fourth-order valence-corrected chi connectivity index (χ4v) is 0.957. The van der Waals surface area contributed by atoms with E-state index >= 15 is 0 Å². The number of benzene rings is 1. The molecule has 0 aliphatic rings. The van der Waals surface area contributed by atoms with Crippen LogP contribution in [0.2, 0.25) is 0 Å². The Kier molecular flexibility index (Phi) is 3.42.